The quantitative estimate of drug-likeness (QED) is 0.475. The number of methoxy groups -OCH3 is 1. The van der Waals surface area contributed by atoms with Gasteiger partial charge in [0.1, 0.15) is 55.6 Å². The number of likely N-dealkylation sites (N-methyl/N-ethyl adjacent to an activating group) is 1. The van der Waals surface area contributed by atoms with Gasteiger partial charge in [-0.1, -0.05) is 0 Å². The molecule has 0 spiro atoms. The lowest BCUT2D eigenvalue weighted by Gasteiger charge is -2.29. The maximum atomic E-state index is 13.2. The van der Waals surface area contributed by atoms with E-state index in [0.717, 1.165) is 44.0 Å². The molecular formula is C24H31N3O4+2. The molecule has 0 bridgehead atoms. The number of carbonyl (C=O) groups excluding carboxylic acids is 1. The molecule has 0 radical (unpaired) electrons. The number of carbonyl (C=O) groups is 1. The van der Waals surface area contributed by atoms with Gasteiger partial charge in [-0.2, -0.15) is 0 Å². The maximum absolute atomic E-state index is 13.2. The second-order valence-corrected chi connectivity index (χ2v) is 8.18. The molecule has 1 saturated heterocycles. The van der Waals surface area contributed by atoms with Gasteiger partial charge in [0.05, 0.1) is 24.8 Å². The number of benzene rings is 2. The summed E-state index contributed by atoms with van der Waals surface area (Å²) in [6.45, 7) is 10.2. The van der Waals surface area contributed by atoms with Gasteiger partial charge in [-0.05, 0) is 50.2 Å². The number of ether oxygens (including phenoxy) is 1. The van der Waals surface area contributed by atoms with Crippen molar-refractivity contribution in [2.75, 3.05) is 45.2 Å². The van der Waals surface area contributed by atoms with Crippen LogP contribution in [-0.4, -0.2) is 50.8 Å². The summed E-state index contributed by atoms with van der Waals surface area (Å²) >= 11 is 0. The zero-order chi connectivity index (χ0) is 22.0. The SMILES string of the molecule is CC[NH+]1CC[NH+](Cc2c(O)ccc3oc(C)c(C(=O)Nc4ccc(OC)cc4)c23)CC1. The van der Waals surface area contributed by atoms with Crippen LogP contribution in [0, 0.1) is 6.92 Å². The van der Waals surface area contributed by atoms with Crippen LogP contribution in [0.2, 0.25) is 0 Å². The zero-order valence-electron chi connectivity index (χ0n) is 18.4. The number of hydrogen-bond acceptors (Lipinski definition) is 4. The summed E-state index contributed by atoms with van der Waals surface area (Å²) in [6.07, 6.45) is 0. The van der Waals surface area contributed by atoms with E-state index in [1.165, 1.54) is 4.90 Å². The van der Waals surface area contributed by atoms with Crippen molar-refractivity contribution in [2.24, 2.45) is 0 Å². The van der Waals surface area contributed by atoms with E-state index < -0.39 is 0 Å². The maximum Gasteiger partial charge on any atom is 0.259 e. The Morgan fingerprint density at radius 2 is 1.77 bits per heavy atom. The minimum Gasteiger partial charge on any atom is -0.507 e. The van der Waals surface area contributed by atoms with E-state index in [9.17, 15) is 9.90 Å². The minimum atomic E-state index is -0.247. The molecule has 164 valence electrons. The fraction of sp³-hybridized carbons (Fsp3) is 0.375. The van der Waals surface area contributed by atoms with Crippen LogP contribution in [0.25, 0.3) is 11.0 Å². The summed E-state index contributed by atoms with van der Waals surface area (Å²) in [5.74, 6) is 1.24. The highest BCUT2D eigenvalue weighted by molar-refractivity contribution is 6.14. The Kier molecular flexibility index (Phi) is 6.15. The summed E-state index contributed by atoms with van der Waals surface area (Å²) in [6, 6.07) is 10.6. The number of aryl methyl sites for hydroxylation is 1. The summed E-state index contributed by atoms with van der Waals surface area (Å²) in [7, 11) is 1.61. The Morgan fingerprint density at radius 3 is 2.42 bits per heavy atom. The standard InChI is InChI=1S/C24H29N3O4/c1-4-26-11-13-27(14-12-26)15-19-20(28)9-10-21-23(19)22(16(2)31-21)24(29)25-17-5-7-18(30-3)8-6-17/h5-10,28H,4,11-15H2,1-3H3,(H,25,29)/p+2. The van der Waals surface area contributed by atoms with Gasteiger partial charge >= 0.3 is 0 Å². The molecule has 4 N–H and O–H groups in total. The number of phenols is 1. The summed E-state index contributed by atoms with van der Waals surface area (Å²) in [4.78, 5) is 16.2. The molecule has 3 aromatic rings. The first-order valence-electron chi connectivity index (χ1n) is 10.9. The van der Waals surface area contributed by atoms with Gasteiger partial charge in [-0.25, -0.2) is 0 Å². The molecule has 2 aromatic carbocycles. The molecule has 7 heteroatoms. The van der Waals surface area contributed by atoms with Gasteiger partial charge in [0, 0.05) is 11.1 Å². The average Bonchev–Trinajstić information content (AvgIpc) is 3.13. The summed E-state index contributed by atoms with van der Waals surface area (Å²) in [5.41, 5.74) is 2.56. The number of furan rings is 1. The molecule has 1 fully saturated rings. The number of fused-ring (bicyclic) bond motifs is 1. The molecule has 4 rings (SSSR count). The fourth-order valence-corrected chi connectivity index (χ4v) is 4.42. The van der Waals surface area contributed by atoms with Gasteiger partial charge < -0.3 is 29.4 Å². The van der Waals surface area contributed by atoms with Crippen LogP contribution < -0.4 is 19.9 Å². The molecule has 31 heavy (non-hydrogen) atoms. The lowest BCUT2D eigenvalue weighted by atomic mass is 10.0. The molecule has 2 heterocycles. The molecule has 1 aliphatic heterocycles. The predicted octanol–water partition coefficient (Wildman–Crippen LogP) is 1.01. The monoisotopic (exact) mass is 425 g/mol. The predicted molar refractivity (Wildman–Crippen MR) is 119 cm³/mol. The normalized spacial score (nSPS) is 18.8. The Labute approximate surface area is 182 Å². The van der Waals surface area contributed by atoms with Crippen LogP contribution in [-0.2, 0) is 6.54 Å². The van der Waals surface area contributed by atoms with E-state index in [2.05, 4.69) is 12.2 Å². The van der Waals surface area contributed by atoms with Crippen LogP contribution >= 0.6 is 0 Å². The highest BCUT2D eigenvalue weighted by atomic mass is 16.5. The van der Waals surface area contributed by atoms with Gasteiger partial charge in [-0.15, -0.1) is 0 Å². The second-order valence-electron chi connectivity index (χ2n) is 8.18. The molecule has 1 aliphatic rings. The zero-order valence-corrected chi connectivity index (χ0v) is 18.4. The topological polar surface area (TPSA) is 80.6 Å². The van der Waals surface area contributed by atoms with Crippen LogP contribution in [0.3, 0.4) is 0 Å². The molecule has 7 nitrogen and oxygen atoms in total. The van der Waals surface area contributed by atoms with Gasteiger partial charge in [0.25, 0.3) is 5.91 Å². The van der Waals surface area contributed by atoms with E-state index in [-0.39, 0.29) is 11.7 Å². The van der Waals surface area contributed by atoms with Gasteiger partial charge in [0.15, 0.2) is 0 Å². The Hall–Kier alpha value is -3.03. The summed E-state index contributed by atoms with van der Waals surface area (Å²) < 4.78 is 11.1. The number of nitrogens with one attached hydrogen (secondary N) is 3. The van der Waals surface area contributed by atoms with E-state index in [1.807, 2.05) is 0 Å². The van der Waals surface area contributed by atoms with E-state index >= 15 is 0 Å². The van der Waals surface area contributed by atoms with Gasteiger partial charge in [-0.3, -0.25) is 4.79 Å². The van der Waals surface area contributed by atoms with Crippen molar-refractivity contribution < 1.29 is 28.9 Å². The van der Waals surface area contributed by atoms with Gasteiger partial charge in [0.2, 0.25) is 0 Å². The Morgan fingerprint density at radius 1 is 1.10 bits per heavy atom. The van der Waals surface area contributed by atoms with Crippen molar-refractivity contribution in [3.8, 4) is 11.5 Å². The number of aromatic hydroxyl groups is 1. The number of rotatable bonds is 6. The van der Waals surface area contributed by atoms with Crippen molar-refractivity contribution in [1.29, 1.82) is 0 Å². The highest BCUT2D eigenvalue weighted by Crippen LogP contribution is 2.34. The lowest BCUT2D eigenvalue weighted by molar-refractivity contribution is -1.02. The third-order valence-electron chi connectivity index (χ3n) is 6.28. The van der Waals surface area contributed by atoms with Crippen molar-refractivity contribution in [1.82, 2.24) is 0 Å². The number of amides is 1. The summed E-state index contributed by atoms with van der Waals surface area (Å²) in [5, 5.41) is 14.4. The molecule has 0 aliphatic carbocycles. The molecule has 1 amide bonds. The molecule has 0 unspecified atom stereocenters. The van der Waals surface area contributed by atoms with Crippen LogP contribution in [0.1, 0.15) is 28.6 Å². The average molecular weight is 426 g/mol. The van der Waals surface area contributed by atoms with Crippen molar-refractivity contribution in [3.05, 3.63) is 53.3 Å². The van der Waals surface area contributed by atoms with E-state index in [4.69, 9.17) is 9.15 Å². The molecule has 1 aromatic heterocycles. The number of quaternary nitrogens is 2. The third-order valence-corrected chi connectivity index (χ3v) is 6.28. The lowest BCUT2D eigenvalue weighted by Crippen LogP contribution is -3.27. The van der Waals surface area contributed by atoms with Crippen molar-refractivity contribution >= 4 is 22.6 Å². The van der Waals surface area contributed by atoms with Crippen LogP contribution in [0.5, 0.6) is 11.5 Å². The molecule has 0 atom stereocenters. The minimum absolute atomic E-state index is 0.213. The van der Waals surface area contributed by atoms with Crippen LogP contribution in [0.15, 0.2) is 40.8 Å². The van der Waals surface area contributed by atoms with Crippen molar-refractivity contribution in [3.63, 3.8) is 0 Å². The highest BCUT2D eigenvalue weighted by Gasteiger charge is 2.27. The Balaban J connectivity index is 1.64. The smallest absolute Gasteiger partial charge is 0.259 e. The number of phenolic OH excluding ortho intramolecular Hbond substituents is 1. The molecule has 0 saturated carbocycles. The van der Waals surface area contributed by atoms with Crippen LogP contribution in [0.4, 0.5) is 5.69 Å². The number of hydrogen-bond donors (Lipinski definition) is 4. The first-order valence-corrected chi connectivity index (χ1v) is 10.9. The number of piperazine rings is 1. The first-order chi connectivity index (χ1) is 15.0. The third kappa shape index (κ3) is 4.38. The fourth-order valence-electron chi connectivity index (χ4n) is 4.42. The van der Waals surface area contributed by atoms with E-state index in [1.54, 1.807) is 55.3 Å². The largest absolute Gasteiger partial charge is 0.507 e. The number of anilines is 1. The second kappa shape index (κ2) is 8.99. The molecular weight excluding hydrogens is 394 g/mol. The Bertz CT molecular complexity index is 1070. The first kappa shape index (κ1) is 21.2. The van der Waals surface area contributed by atoms with E-state index in [0.29, 0.717) is 34.5 Å². The van der Waals surface area contributed by atoms with Crippen molar-refractivity contribution in [2.45, 2.75) is 20.4 Å².